The van der Waals surface area contributed by atoms with Crippen LogP contribution in [-0.4, -0.2) is 36.6 Å². The van der Waals surface area contributed by atoms with Crippen molar-refractivity contribution in [2.45, 2.75) is 126 Å². The van der Waals surface area contributed by atoms with Crippen LogP contribution in [0.3, 0.4) is 0 Å². The Morgan fingerprint density at radius 3 is 2.29 bits per heavy atom. The third-order valence-corrected chi connectivity index (χ3v) is 11.9. The largest absolute Gasteiger partial charge is 0.464 e. The van der Waals surface area contributed by atoms with Gasteiger partial charge in [0.15, 0.2) is 0 Å². The van der Waals surface area contributed by atoms with Gasteiger partial charge in [-0.2, -0.15) is 0 Å². The summed E-state index contributed by atoms with van der Waals surface area (Å²) in [7, 11) is 0. The summed E-state index contributed by atoms with van der Waals surface area (Å²) in [6, 6.07) is 0. The Morgan fingerprint density at radius 1 is 1.00 bits per heavy atom. The number of rotatable bonds is 9. The van der Waals surface area contributed by atoms with Gasteiger partial charge < -0.3 is 14.2 Å². The van der Waals surface area contributed by atoms with E-state index in [2.05, 4.69) is 27.7 Å². The summed E-state index contributed by atoms with van der Waals surface area (Å²) in [5.41, 5.74) is 0.617. The molecule has 4 aliphatic rings. The van der Waals surface area contributed by atoms with Crippen molar-refractivity contribution in [3.05, 3.63) is 11.1 Å². The van der Waals surface area contributed by atoms with Crippen molar-refractivity contribution in [3.8, 4) is 0 Å². The predicted octanol–water partition coefficient (Wildman–Crippen LogP) is 6.96. The smallest absolute Gasteiger partial charge is 0.341 e. The molecule has 7 heteroatoms. The van der Waals surface area contributed by atoms with Gasteiger partial charge in [-0.3, -0.25) is 14.4 Å². The predicted molar refractivity (Wildman–Crippen MR) is 155 cm³/mol. The molecule has 0 radical (unpaired) electrons. The molecule has 3 fully saturated rings. The van der Waals surface area contributed by atoms with Crippen molar-refractivity contribution in [1.29, 1.82) is 0 Å². The van der Waals surface area contributed by atoms with Crippen LogP contribution in [0.25, 0.3) is 0 Å². The quantitative estimate of drug-likeness (QED) is 0.167. The van der Waals surface area contributed by atoms with E-state index in [9.17, 15) is 19.2 Å². The number of hydrogen-bond acceptors (Lipinski definition) is 7. The molecule has 3 aliphatic carbocycles. The van der Waals surface area contributed by atoms with E-state index in [1.54, 1.807) is 0 Å². The number of fused-ring (bicyclic) bond motifs is 5. The Labute approximate surface area is 246 Å². The summed E-state index contributed by atoms with van der Waals surface area (Å²) in [5, 5.41) is 0. The zero-order valence-electron chi connectivity index (χ0n) is 26.6. The average molecular weight is 573 g/mol. The fourth-order valence-corrected chi connectivity index (χ4v) is 10.0. The lowest BCUT2D eigenvalue weighted by molar-refractivity contribution is -0.179. The molecule has 0 spiro atoms. The molecule has 8 atom stereocenters. The lowest BCUT2D eigenvalue weighted by Crippen LogP contribution is -2.60. The number of carbonyl (C=O) groups excluding carboxylic acids is 4. The molecule has 0 aromatic heterocycles. The Kier molecular flexibility index (Phi) is 9.16. The molecule has 0 N–H and O–H groups in total. The van der Waals surface area contributed by atoms with Gasteiger partial charge in [0.2, 0.25) is 0 Å². The fourth-order valence-electron chi connectivity index (χ4n) is 10.0. The van der Waals surface area contributed by atoms with Gasteiger partial charge in [-0.05, 0) is 104 Å². The zero-order chi connectivity index (χ0) is 30.3. The molecule has 0 aromatic carbocycles. The summed E-state index contributed by atoms with van der Waals surface area (Å²) in [5.74, 6) is -0.289. The molecule has 0 saturated heterocycles. The van der Waals surface area contributed by atoms with Crippen LogP contribution in [0.2, 0.25) is 0 Å². The number of esters is 4. The van der Waals surface area contributed by atoms with Crippen LogP contribution in [0.15, 0.2) is 11.1 Å². The lowest BCUT2D eigenvalue weighted by Gasteiger charge is -2.65. The van der Waals surface area contributed by atoms with Crippen molar-refractivity contribution >= 4 is 23.9 Å². The molecular formula is C34H52O7. The maximum atomic E-state index is 13.5. The summed E-state index contributed by atoms with van der Waals surface area (Å²) < 4.78 is 16.5. The molecule has 4 rings (SSSR count). The van der Waals surface area contributed by atoms with Gasteiger partial charge in [0.25, 0.3) is 0 Å². The maximum Gasteiger partial charge on any atom is 0.341 e. The van der Waals surface area contributed by atoms with E-state index in [0.717, 1.165) is 63.4 Å². The normalized spacial score (nSPS) is 37.5. The minimum Gasteiger partial charge on any atom is -0.464 e. The van der Waals surface area contributed by atoms with Crippen LogP contribution >= 0.6 is 0 Å². The molecule has 7 unspecified atom stereocenters. The van der Waals surface area contributed by atoms with Crippen molar-refractivity contribution in [2.24, 2.45) is 45.8 Å². The van der Waals surface area contributed by atoms with Crippen molar-refractivity contribution < 1.29 is 33.4 Å². The molecule has 0 bridgehead atoms. The Hall–Kier alpha value is -2.18. The first-order chi connectivity index (χ1) is 19.2. The molecule has 1 heterocycles. The van der Waals surface area contributed by atoms with Gasteiger partial charge in [0.1, 0.15) is 18.1 Å². The highest BCUT2D eigenvalue weighted by Gasteiger charge is 2.65. The standard InChI is InChI=1S/C34H52O7/c1-9-23-13-16-33(8)26-15-18-34(19-39-21(5)35)29(28(20(3)4)30(37)41-31(34)38)25(26)11-12-27(33)32(23,7)17-14-24(10-2)40-22(6)36/h20,23-27H,9-19H2,1-8H3/t23?,24-,25?,26?,27?,32?,33?,34?/m1/s1. The molecule has 230 valence electrons. The third-order valence-electron chi connectivity index (χ3n) is 11.9. The van der Waals surface area contributed by atoms with Gasteiger partial charge >= 0.3 is 23.9 Å². The monoisotopic (exact) mass is 572 g/mol. The first kappa shape index (κ1) is 31.7. The first-order valence-corrected chi connectivity index (χ1v) is 16.1. The second-order valence-electron chi connectivity index (χ2n) is 14.2. The molecule has 3 saturated carbocycles. The highest BCUT2D eigenvalue weighted by Crippen LogP contribution is 2.69. The number of cyclic esters (lactones) is 2. The van der Waals surface area contributed by atoms with E-state index in [-0.39, 0.29) is 41.3 Å². The molecule has 1 aliphatic heterocycles. The van der Waals surface area contributed by atoms with E-state index < -0.39 is 23.3 Å². The summed E-state index contributed by atoms with van der Waals surface area (Å²) >= 11 is 0. The molecular weight excluding hydrogens is 520 g/mol. The Bertz CT molecular complexity index is 1090. The summed E-state index contributed by atoms with van der Waals surface area (Å²) in [4.78, 5) is 50.4. The van der Waals surface area contributed by atoms with Crippen LogP contribution in [0.1, 0.15) is 120 Å². The Morgan fingerprint density at radius 2 is 1.71 bits per heavy atom. The lowest BCUT2D eigenvalue weighted by atomic mass is 9.39. The first-order valence-electron chi connectivity index (χ1n) is 16.1. The number of hydrogen-bond donors (Lipinski definition) is 0. The zero-order valence-corrected chi connectivity index (χ0v) is 26.6. The van der Waals surface area contributed by atoms with E-state index in [1.807, 2.05) is 13.8 Å². The van der Waals surface area contributed by atoms with E-state index in [4.69, 9.17) is 14.2 Å². The highest BCUT2D eigenvalue weighted by molar-refractivity contribution is 6.04. The Balaban J connectivity index is 1.74. The average Bonchev–Trinajstić information content (AvgIpc) is 2.89. The van der Waals surface area contributed by atoms with E-state index >= 15 is 0 Å². The van der Waals surface area contributed by atoms with Gasteiger partial charge in [-0.1, -0.05) is 48.0 Å². The van der Waals surface area contributed by atoms with Crippen LogP contribution in [-0.2, 0) is 33.4 Å². The van der Waals surface area contributed by atoms with Crippen molar-refractivity contribution in [1.82, 2.24) is 0 Å². The second-order valence-corrected chi connectivity index (χ2v) is 14.2. The minimum atomic E-state index is -1.08. The maximum absolute atomic E-state index is 13.5. The number of ether oxygens (including phenoxy) is 3. The van der Waals surface area contributed by atoms with Gasteiger partial charge in [-0.15, -0.1) is 0 Å². The molecule has 41 heavy (non-hydrogen) atoms. The van der Waals surface area contributed by atoms with Crippen molar-refractivity contribution in [3.63, 3.8) is 0 Å². The van der Waals surface area contributed by atoms with Gasteiger partial charge in [-0.25, -0.2) is 4.79 Å². The van der Waals surface area contributed by atoms with Crippen LogP contribution in [0, 0.1) is 45.8 Å². The van der Waals surface area contributed by atoms with E-state index in [1.165, 1.54) is 13.8 Å². The van der Waals surface area contributed by atoms with Gasteiger partial charge in [0.05, 0.1) is 0 Å². The second kappa shape index (κ2) is 11.8. The number of carbonyl (C=O) groups is 4. The van der Waals surface area contributed by atoms with Crippen LogP contribution in [0.5, 0.6) is 0 Å². The van der Waals surface area contributed by atoms with Crippen molar-refractivity contribution in [2.75, 3.05) is 6.61 Å². The SMILES string of the molecule is CCC1CCC2(C)C3CCC4(COC(C)=O)C(=O)OC(=O)C(C(C)C)=C4C3CCC2C1(C)CC[C@@H](CC)OC(C)=O. The third kappa shape index (κ3) is 5.40. The minimum absolute atomic E-state index is 0.0547. The van der Waals surface area contributed by atoms with Crippen LogP contribution in [0.4, 0.5) is 0 Å². The van der Waals surface area contributed by atoms with Crippen LogP contribution < -0.4 is 0 Å². The van der Waals surface area contributed by atoms with E-state index in [0.29, 0.717) is 29.7 Å². The topological polar surface area (TPSA) is 96.0 Å². The summed E-state index contributed by atoms with van der Waals surface area (Å²) in [6.07, 6.45) is 9.39. The van der Waals surface area contributed by atoms with Gasteiger partial charge in [0, 0.05) is 19.4 Å². The summed E-state index contributed by atoms with van der Waals surface area (Å²) in [6.45, 7) is 16.1. The molecule has 0 aromatic rings. The fraction of sp³-hybridized carbons (Fsp3) is 0.824. The highest BCUT2D eigenvalue weighted by atomic mass is 16.6. The molecule has 7 nitrogen and oxygen atoms in total. The molecule has 0 amide bonds.